The van der Waals surface area contributed by atoms with Crippen LogP contribution in [0.15, 0.2) is 12.2 Å². The highest BCUT2D eigenvalue weighted by atomic mass is 16.5. The maximum absolute atomic E-state index is 13.0. The normalized spacial score (nSPS) is 18.4. The van der Waals surface area contributed by atoms with E-state index in [0.29, 0.717) is 19.5 Å². The van der Waals surface area contributed by atoms with Crippen molar-refractivity contribution in [2.45, 2.75) is 122 Å². The molecule has 1 rings (SSSR count). The van der Waals surface area contributed by atoms with E-state index in [0.717, 1.165) is 25.8 Å². The Kier molecular flexibility index (Phi) is 22.1. The molecule has 0 bridgehead atoms. The van der Waals surface area contributed by atoms with Crippen molar-refractivity contribution in [3.8, 4) is 0 Å². The molecular weight excluding hydrogens is 516 g/mol. The fourth-order valence-corrected chi connectivity index (χ4v) is 5.59. The van der Waals surface area contributed by atoms with Crippen molar-refractivity contribution in [1.82, 2.24) is 15.5 Å². The number of nitrogens with zero attached hydrogens (tertiary/aromatic N) is 1. The summed E-state index contributed by atoms with van der Waals surface area (Å²) in [5.41, 5.74) is 5.61. The van der Waals surface area contributed by atoms with Crippen LogP contribution in [0, 0.1) is 17.8 Å². The third-order valence-electron chi connectivity index (χ3n) is 8.16. The molecule has 0 fully saturated rings. The Morgan fingerprint density at radius 3 is 1.80 bits per heavy atom. The van der Waals surface area contributed by atoms with Crippen LogP contribution in [-0.2, 0) is 14.3 Å². The standard InChI is InChI=1S/C33H62N4O4/c1-4-5-6-7-8-9-10-11-12-13-14-15-16-17-18-19-24-35-32(39)29-23-20-22-28(31(34)38)30(29)27-41-33(40)36-25-21-26-37(2)3/h20,22,28-30H,4-19,21,23-27H2,1-3H3,(H2,34,38)(H,35,39)(H,36,40). The lowest BCUT2D eigenvalue weighted by Gasteiger charge is -2.32. The lowest BCUT2D eigenvalue weighted by atomic mass is 9.75. The predicted octanol–water partition coefficient (Wildman–Crippen LogP) is 6.34. The third-order valence-corrected chi connectivity index (χ3v) is 8.16. The minimum absolute atomic E-state index is 0.0193. The van der Waals surface area contributed by atoms with Crippen molar-refractivity contribution in [2.75, 3.05) is 40.3 Å². The van der Waals surface area contributed by atoms with Crippen LogP contribution in [0.25, 0.3) is 0 Å². The molecule has 0 aromatic heterocycles. The van der Waals surface area contributed by atoms with E-state index in [1.165, 1.54) is 89.9 Å². The number of ether oxygens (including phenoxy) is 1. The number of alkyl carbamates (subject to hydrolysis) is 1. The Balaban J connectivity index is 2.17. The van der Waals surface area contributed by atoms with Crippen LogP contribution < -0.4 is 16.4 Å². The van der Waals surface area contributed by atoms with E-state index in [1.54, 1.807) is 6.08 Å². The second kappa shape index (κ2) is 24.5. The van der Waals surface area contributed by atoms with Gasteiger partial charge >= 0.3 is 6.09 Å². The van der Waals surface area contributed by atoms with Gasteiger partial charge in [0.1, 0.15) is 0 Å². The molecule has 8 nitrogen and oxygen atoms in total. The predicted molar refractivity (Wildman–Crippen MR) is 168 cm³/mol. The molecule has 3 amide bonds. The molecule has 0 aromatic rings. The van der Waals surface area contributed by atoms with E-state index >= 15 is 0 Å². The molecule has 0 spiro atoms. The summed E-state index contributed by atoms with van der Waals surface area (Å²) >= 11 is 0. The first-order valence-electron chi connectivity index (χ1n) is 16.7. The van der Waals surface area contributed by atoms with Gasteiger partial charge in [0.15, 0.2) is 0 Å². The van der Waals surface area contributed by atoms with Gasteiger partial charge in [0.25, 0.3) is 0 Å². The number of amides is 3. The molecule has 3 unspecified atom stereocenters. The highest BCUT2D eigenvalue weighted by molar-refractivity contribution is 5.83. The quantitative estimate of drug-likeness (QED) is 0.0865. The van der Waals surface area contributed by atoms with E-state index in [-0.39, 0.29) is 12.5 Å². The molecule has 0 aromatic carbocycles. The van der Waals surface area contributed by atoms with Crippen LogP contribution in [-0.4, -0.2) is 63.1 Å². The summed E-state index contributed by atoms with van der Waals surface area (Å²) in [7, 11) is 3.95. The molecule has 0 aliphatic heterocycles. The van der Waals surface area contributed by atoms with E-state index in [2.05, 4.69) is 17.6 Å². The van der Waals surface area contributed by atoms with Crippen molar-refractivity contribution in [2.24, 2.45) is 23.5 Å². The van der Waals surface area contributed by atoms with Crippen LogP contribution in [0.3, 0.4) is 0 Å². The molecule has 0 saturated carbocycles. The number of hydrogen-bond acceptors (Lipinski definition) is 5. The molecule has 8 heteroatoms. The lowest BCUT2D eigenvalue weighted by molar-refractivity contribution is -0.130. The second-order valence-corrected chi connectivity index (χ2v) is 12.1. The van der Waals surface area contributed by atoms with Crippen molar-refractivity contribution in [3.05, 3.63) is 12.2 Å². The van der Waals surface area contributed by atoms with Gasteiger partial charge in [0, 0.05) is 24.9 Å². The first-order valence-corrected chi connectivity index (χ1v) is 16.7. The molecule has 41 heavy (non-hydrogen) atoms. The minimum Gasteiger partial charge on any atom is -0.449 e. The summed E-state index contributed by atoms with van der Waals surface area (Å²) in [4.78, 5) is 39.2. The molecule has 1 aliphatic rings. The fourth-order valence-electron chi connectivity index (χ4n) is 5.59. The number of nitrogens with one attached hydrogen (secondary N) is 2. The van der Waals surface area contributed by atoms with Gasteiger partial charge in [0.2, 0.25) is 11.8 Å². The minimum atomic E-state index is -0.628. The van der Waals surface area contributed by atoms with E-state index in [9.17, 15) is 14.4 Å². The summed E-state index contributed by atoms with van der Waals surface area (Å²) in [6.07, 6.45) is 25.4. The molecule has 238 valence electrons. The second-order valence-electron chi connectivity index (χ2n) is 12.1. The van der Waals surface area contributed by atoms with Crippen molar-refractivity contribution in [1.29, 1.82) is 0 Å². The summed E-state index contributed by atoms with van der Waals surface area (Å²) in [5, 5.41) is 5.78. The highest BCUT2D eigenvalue weighted by Crippen LogP contribution is 2.31. The number of carbonyl (C=O) groups excluding carboxylic acids is 3. The topological polar surface area (TPSA) is 114 Å². The van der Waals surface area contributed by atoms with Gasteiger partial charge in [0.05, 0.1) is 12.5 Å². The molecular formula is C33H62N4O4. The first-order chi connectivity index (χ1) is 19.9. The van der Waals surface area contributed by atoms with Gasteiger partial charge in [-0.2, -0.15) is 0 Å². The zero-order valence-corrected chi connectivity index (χ0v) is 26.6. The van der Waals surface area contributed by atoms with E-state index in [1.807, 2.05) is 25.1 Å². The SMILES string of the molecule is CCCCCCCCCCCCCCCCCCNC(=O)C1CC=CC(C(N)=O)C1COC(=O)NCCCN(C)C. The lowest BCUT2D eigenvalue weighted by Crippen LogP contribution is -2.45. The average molecular weight is 579 g/mol. The summed E-state index contributed by atoms with van der Waals surface area (Å²) in [6, 6.07) is 0. The van der Waals surface area contributed by atoms with Crippen molar-refractivity contribution < 1.29 is 19.1 Å². The Bertz CT molecular complexity index is 728. The summed E-state index contributed by atoms with van der Waals surface area (Å²) in [5.74, 6) is -2.13. The number of nitrogens with two attached hydrogens (primary N) is 1. The largest absolute Gasteiger partial charge is 0.449 e. The fraction of sp³-hybridized carbons (Fsp3) is 0.848. The zero-order chi connectivity index (χ0) is 30.1. The molecule has 3 atom stereocenters. The Labute approximate surface area is 251 Å². The number of unbranched alkanes of at least 4 members (excludes halogenated alkanes) is 15. The molecule has 4 N–H and O–H groups in total. The Hall–Kier alpha value is -2.09. The summed E-state index contributed by atoms with van der Waals surface area (Å²) in [6.45, 7) is 4.24. The van der Waals surface area contributed by atoms with Gasteiger partial charge in [-0.3, -0.25) is 9.59 Å². The number of hydrogen-bond donors (Lipinski definition) is 3. The van der Waals surface area contributed by atoms with Gasteiger partial charge in [-0.1, -0.05) is 115 Å². The van der Waals surface area contributed by atoms with Crippen molar-refractivity contribution >= 4 is 17.9 Å². The third kappa shape index (κ3) is 18.9. The van der Waals surface area contributed by atoms with Gasteiger partial charge in [-0.15, -0.1) is 0 Å². The molecule has 0 saturated heterocycles. The van der Waals surface area contributed by atoms with Gasteiger partial charge in [-0.05, 0) is 39.9 Å². The smallest absolute Gasteiger partial charge is 0.407 e. The Morgan fingerprint density at radius 2 is 1.29 bits per heavy atom. The zero-order valence-electron chi connectivity index (χ0n) is 26.6. The van der Waals surface area contributed by atoms with Crippen LogP contribution in [0.1, 0.15) is 122 Å². The summed E-state index contributed by atoms with van der Waals surface area (Å²) < 4.78 is 5.40. The number of carbonyl (C=O) groups is 3. The number of allylic oxidation sites excluding steroid dienone is 1. The van der Waals surface area contributed by atoms with Gasteiger partial charge in [-0.25, -0.2) is 4.79 Å². The highest BCUT2D eigenvalue weighted by Gasteiger charge is 2.38. The molecule has 0 heterocycles. The first kappa shape index (κ1) is 36.9. The van der Waals surface area contributed by atoms with Crippen LogP contribution >= 0.6 is 0 Å². The van der Waals surface area contributed by atoms with Crippen LogP contribution in [0.4, 0.5) is 4.79 Å². The van der Waals surface area contributed by atoms with Crippen LogP contribution in [0.5, 0.6) is 0 Å². The van der Waals surface area contributed by atoms with E-state index < -0.39 is 29.8 Å². The number of rotatable bonds is 25. The maximum Gasteiger partial charge on any atom is 0.407 e. The molecule has 1 aliphatic carbocycles. The number of primary amides is 1. The van der Waals surface area contributed by atoms with E-state index in [4.69, 9.17) is 10.5 Å². The average Bonchev–Trinajstić information content (AvgIpc) is 2.95. The Morgan fingerprint density at radius 1 is 0.780 bits per heavy atom. The maximum atomic E-state index is 13.0. The van der Waals surface area contributed by atoms with Crippen LogP contribution in [0.2, 0.25) is 0 Å². The van der Waals surface area contributed by atoms with Crippen molar-refractivity contribution in [3.63, 3.8) is 0 Å². The van der Waals surface area contributed by atoms with Gasteiger partial charge < -0.3 is 26.0 Å². The monoisotopic (exact) mass is 578 g/mol. The molecule has 0 radical (unpaired) electrons.